The van der Waals surface area contributed by atoms with Crippen molar-refractivity contribution in [2.24, 2.45) is 46.8 Å². The maximum Gasteiger partial charge on any atom is 0.155 e. The second kappa shape index (κ2) is 5.68. The fraction of sp³-hybridized carbons (Fsp3) is 0.870. The molecule has 25 heavy (non-hydrogen) atoms. The van der Waals surface area contributed by atoms with Crippen LogP contribution in [0.4, 0.5) is 0 Å². The van der Waals surface area contributed by atoms with Gasteiger partial charge in [0.2, 0.25) is 0 Å². The van der Waals surface area contributed by atoms with Crippen molar-refractivity contribution >= 4 is 5.78 Å². The molecule has 4 fully saturated rings. The molecule has 5 aliphatic rings. The van der Waals surface area contributed by atoms with Gasteiger partial charge in [0.25, 0.3) is 0 Å². The number of carbonyl (C=O) groups excluding carboxylic acids is 1. The van der Waals surface area contributed by atoms with Crippen LogP contribution in [0, 0.1) is 46.8 Å². The van der Waals surface area contributed by atoms with Crippen molar-refractivity contribution < 1.29 is 9.90 Å². The van der Waals surface area contributed by atoms with Crippen molar-refractivity contribution in [3.63, 3.8) is 0 Å². The summed E-state index contributed by atoms with van der Waals surface area (Å²) in [6, 6.07) is 0. The molecule has 0 aromatic heterocycles. The summed E-state index contributed by atoms with van der Waals surface area (Å²) in [5, 5.41) is 10.9. The lowest BCUT2D eigenvalue weighted by Crippen LogP contribution is -2.50. The quantitative estimate of drug-likeness (QED) is 0.785. The molecule has 5 rings (SSSR count). The van der Waals surface area contributed by atoms with E-state index in [1.165, 1.54) is 44.1 Å². The molecule has 1 N–H and O–H groups in total. The average molecular weight is 343 g/mol. The lowest BCUT2D eigenvalue weighted by atomic mass is 9.48. The Hall–Kier alpha value is -0.630. The first kappa shape index (κ1) is 16.5. The Morgan fingerprint density at radius 2 is 1.96 bits per heavy atom. The Morgan fingerprint density at radius 1 is 1.16 bits per heavy atom. The van der Waals surface area contributed by atoms with E-state index in [1.807, 2.05) is 6.08 Å². The summed E-state index contributed by atoms with van der Waals surface area (Å²) in [4.78, 5) is 11.9. The Kier molecular flexibility index (Phi) is 3.76. The molecule has 0 aliphatic heterocycles. The number of carbonyl (C=O) groups is 1. The maximum absolute atomic E-state index is 11.9. The molecule has 0 unspecified atom stereocenters. The van der Waals surface area contributed by atoms with Crippen LogP contribution >= 0.6 is 0 Å². The molecule has 0 aromatic rings. The average Bonchev–Trinajstić information content (AvgIpc) is 3.36. The summed E-state index contributed by atoms with van der Waals surface area (Å²) in [5.41, 5.74) is 1.85. The third-order valence-corrected chi connectivity index (χ3v) is 9.23. The number of hydrogen-bond donors (Lipinski definition) is 1. The minimum absolute atomic E-state index is 0.0341. The number of ketones is 1. The van der Waals surface area contributed by atoms with Gasteiger partial charge in [-0.05, 0) is 104 Å². The van der Waals surface area contributed by atoms with Crippen LogP contribution in [-0.4, -0.2) is 17.0 Å². The van der Waals surface area contributed by atoms with E-state index in [2.05, 4.69) is 13.8 Å². The van der Waals surface area contributed by atoms with Gasteiger partial charge in [-0.1, -0.05) is 19.4 Å². The van der Waals surface area contributed by atoms with Crippen LogP contribution in [0.1, 0.15) is 71.6 Å². The summed E-state index contributed by atoms with van der Waals surface area (Å²) in [5.74, 6) is 5.35. The molecule has 2 nitrogen and oxygen atoms in total. The van der Waals surface area contributed by atoms with E-state index in [1.54, 1.807) is 0 Å². The Balaban J connectivity index is 1.44. The van der Waals surface area contributed by atoms with Gasteiger partial charge in [-0.15, -0.1) is 0 Å². The molecule has 0 amide bonds. The normalized spacial score (nSPS) is 50.5. The molecule has 0 saturated heterocycles. The predicted molar refractivity (Wildman–Crippen MR) is 98.9 cm³/mol. The van der Waals surface area contributed by atoms with E-state index in [0.717, 1.165) is 37.0 Å². The van der Waals surface area contributed by atoms with Crippen LogP contribution in [0.3, 0.4) is 0 Å². The molecule has 0 heterocycles. The molecule has 4 saturated carbocycles. The highest BCUT2D eigenvalue weighted by Gasteiger charge is 2.59. The van der Waals surface area contributed by atoms with Gasteiger partial charge in [-0.3, -0.25) is 4.79 Å². The molecule has 0 bridgehead atoms. The van der Waals surface area contributed by atoms with E-state index in [4.69, 9.17) is 0 Å². The molecule has 2 heteroatoms. The summed E-state index contributed by atoms with van der Waals surface area (Å²) >= 11 is 0. The Labute approximate surface area is 152 Å². The van der Waals surface area contributed by atoms with E-state index in [-0.39, 0.29) is 6.10 Å². The Morgan fingerprint density at radius 3 is 2.72 bits per heavy atom. The summed E-state index contributed by atoms with van der Waals surface area (Å²) < 4.78 is 0. The second-order valence-corrected chi connectivity index (χ2v) is 10.4. The largest absolute Gasteiger partial charge is 0.393 e. The van der Waals surface area contributed by atoms with Crippen LogP contribution in [0.5, 0.6) is 0 Å². The highest BCUT2D eigenvalue weighted by atomic mass is 16.3. The Bertz CT molecular complexity index is 603. The minimum atomic E-state index is -0.0341. The first-order valence-corrected chi connectivity index (χ1v) is 10.9. The molecular weight excluding hydrogens is 308 g/mol. The number of fused-ring (bicyclic) bond motifs is 5. The monoisotopic (exact) mass is 342 g/mol. The van der Waals surface area contributed by atoms with Gasteiger partial charge in [0.1, 0.15) is 0 Å². The lowest BCUT2D eigenvalue weighted by molar-refractivity contribution is -0.116. The van der Waals surface area contributed by atoms with Gasteiger partial charge in [0.05, 0.1) is 6.10 Å². The minimum Gasteiger partial charge on any atom is -0.393 e. The number of hydrogen-bond acceptors (Lipinski definition) is 2. The fourth-order valence-corrected chi connectivity index (χ4v) is 7.96. The second-order valence-electron chi connectivity index (χ2n) is 10.4. The zero-order valence-corrected chi connectivity index (χ0v) is 15.9. The molecule has 8 atom stereocenters. The van der Waals surface area contributed by atoms with Gasteiger partial charge in [0.15, 0.2) is 5.78 Å². The fourth-order valence-electron chi connectivity index (χ4n) is 7.96. The summed E-state index contributed by atoms with van der Waals surface area (Å²) in [6.45, 7) is 4.98. The van der Waals surface area contributed by atoms with Crippen LogP contribution in [0.2, 0.25) is 0 Å². The number of rotatable bonds is 2. The van der Waals surface area contributed by atoms with Crippen LogP contribution in [0.25, 0.3) is 0 Å². The third-order valence-electron chi connectivity index (χ3n) is 9.23. The van der Waals surface area contributed by atoms with Crippen molar-refractivity contribution in [1.82, 2.24) is 0 Å². The van der Waals surface area contributed by atoms with Crippen LogP contribution in [0.15, 0.2) is 11.6 Å². The van der Waals surface area contributed by atoms with Gasteiger partial charge in [-0.2, -0.15) is 0 Å². The molecular formula is C23H34O2. The van der Waals surface area contributed by atoms with E-state index in [0.29, 0.717) is 34.9 Å². The molecule has 5 aliphatic carbocycles. The van der Waals surface area contributed by atoms with Gasteiger partial charge < -0.3 is 5.11 Å². The van der Waals surface area contributed by atoms with Crippen LogP contribution in [-0.2, 0) is 4.79 Å². The maximum atomic E-state index is 11.9. The lowest BCUT2D eigenvalue weighted by Gasteiger charge is -2.56. The highest BCUT2D eigenvalue weighted by Crippen LogP contribution is 2.66. The van der Waals surface area contributed by atoms with Crippen molar-refractivity contribution in [2.45, 2.75) is 77.7 Å². The zero-order valence-electron chi connectivity index (χ0n) is 15.9. The highest BCUT2D eigenvalue weighted by molar-refractivity contribution is 5.91. The van der Waals surface area contributed by atoms with Gasteiger partial charge in [0, 0.05) is 6.42 Å². The zero-order chi connectivity index (χ0) is 17.3. The van der Waals surface area contributed by atoms with E-state index in [9.17, 15) is 9.90 Å². The van der Waals surface area contributed by atoms with Gasteiger partial charge in [-0.25, -0.2) is 0 Å². The van der Waals surface area contributed by atoms with Crippen molar-refractivity contribution in [2.75, 3.05) is 0 Å². The number of allylic oxidation sites excluding steroid dienone is 1. The van der Waals surface area contributed by atoms with E-state index < -0.39 is 0 Å². The molecule has 0 spiro atoms. The first-order chi connectivity index (χ1) is 12.0. The van der Waals surface area contributed by atoms with E-state index >= 15 is 0 Å². The smallest absolute Gasteiger partial charge is 0.155 e. The van der Waals surface area contributed by atoms with Gasteiger partial charge >= 0.3 is 0 Å². The number of aliphatic hydroxyl groups excluding tert-OH is 1. The molecule has 0 radical (unpaired) electrons. The standard InChI is InChI=1S/C23H34O2/c1-13-11-15-12-16(24)5-6-17(15)18-9-10-23(2)19(21(13)18)7-8-20(23)22(25)14-3-4-14/h12-14,17-22,25H,3-11H2,1-2H3/t13-,17+,18-,19-,20+,21-,22-,23+/m1/s1. The van der Waals surface area contributed by atoms with Crippen molar-refractivity contribution in [3.05, 3.63) is 11.6 Å². The van der Waals surface area contributed by atoms with Crippen LogP contribution < -0.4 is 0 Å². The molecule has 0 aromatic carbocycles. The predicted octanol–water partition coefficient (Wildman–Crippen LogP) is 4.76. The summed E-state index contributed by atoms with van der Waals surface area (Å²) in [6.07, 6.45) is 12.7. The topological polar surface area (TPSA) is 37.3 Å². The molecule has 138 valence electrons. The van der Waals surface area contributed by atoms with Crippen molar-refractivity contribution in [3.8, 4) is 0 Å². The number of aliphatic hydroxyl groups is 1. The SMILES string of the molecule is C[C@@H]1CC2=CC(=O)CC[C@@H]2[C@H]2CC[C@@]3(C)[C@H](CC[C@H]3[C@H](O)C3CC3)[C@@H]21. The first-order valence-electron chi connectivity index (χ1n) is 10.9. The summed E-state index contributed by atoms with van der Waals surface area (Å²) in [7, 11) is 0. The van der Waals surface area contributed by atoms with Crippen molar-refractivity contribution in [1.29, 1.82) is 0 Å². The third kappa shape index (κ3) is 2.42.